The van der Waals surface area contributed by atoms with Gasteiger partial charge in [-0.05, 0) is 24.1 Å². The van der Waals surface area contributed by atoms with Gasteiger partial charge in [0.25, 0.3) is 0 Å². The molecule has 3 nitrogen and oxygen atoms in total. The van der Waals surface area contributed by atoms with Crippen molar-refractivity contribution in [2.24, 2.45) is 5.73 Å². The Kier molecular flexibility index (Phi) is 4.98. The zero-order valence-electron chi connectivity index (χ0n) is 10.1. The van der Waals surface area contributed by atoms with Gasteiger partial charge in [0.2, 0.25) is 0 Å². The Balaban J connectivity index is 3.02. The van der Waals surface area contributed by atoms with E-state index >= 15 is 0 Å². The normalized spacial score (nSPS) is 15.5. The zero-order valence-corrected chi connectivity index (χ0v) is 11.6. The Morgan fingerprint density at radius 3 is 2.18 bits per heavy atom. The van der Waals surface area contributed by atoms with Crippen LogP contribution in [0.1, 0.15) is 31.9 Å². The minimum absolute atomic E-state index is 0.118. The second-order valence-electron chi connectivity index (χ2n) is 3.98. The summed E-state index contributed by atoms with van der Waals surface area (Å²) in [5.74, 6) is 0.118. The summed E-state index contributed by atoms with van der Waals surface area (Å²) in [6.07, 6.45) is 0.514. The molecule has 0 aliphatic carbocycles. The van der Waals surface area contributed by atoms with Gasteiger partial charge >= 0.3 is 0 Å². The first kappa shape index (κ1) is 14.5. The molecule has 0 aromatic heterocycles. The Labute approximate surface area is 108 Å². The molecule has 2 N–H and O–H groups in total. The van der Waals surface area contributed by atoms with Gasteiger partial charge in [-0.15, -0.1) is 0 Å². The molecule has 17 heavy (non-hydrogen) atoms. The number of hydrogen-bond acceptors (Lipinski definition) is 3. The van der Waals surface area contributed by atoms with Crippen molar-refractivity contribution in [2.75, 3.05) is 5.75 Å². The van der Waals surface area contributed by atoms with Gasteiger partial charge < -0.3 is 5.73 Å². The number of nitrogens with two attached hydrogens (primary N) is 1. The number of sulfone groups is 1. The summed E-state index contributed by atoms with van der Waals surface area (Å²) in [4.78, 5) is 0. The summed E-state index contributed by atoms with van der Waals surface area (Å²) in [6, 6.07) is 6.51. The van der Waals surface area contributed by atoms with Crippen molar-refractivity contribution >= 4 is 21.4 Å². The van der Waals surface area contributed by atoms with Crippen LogP contribution in [0.25, 0.3) is 0 Å². The second kappa shape index (κ2) is 5.85. The molecule has 0 saturated heterocycles. The monoisotopic (exact) mass is 275 g/mol. The molecule has 0 aliphatic rings. The molecule has 0 aliphatic heterocycles. The third kappa shape index (κ3) is 3.44. The average molecular weight is 276 g/mol. The highest BCUT2D eigenvalue weighted by Gasteiger charge is 2.29. The van der Waals surface area contributed by atoms with E-state index in [4.69, 9.17) is 17.3 Å². The molecular formula is C12H18ClNO2S. The summed E-state index contributed by atoms with van der Waals surface area (Å²) in [7, 11) is -3.13. The summed E-state index contributed by atoms with van der Waals surface area (Å²) in [5, 5.41) is 0.0843. The van der Waals surface area contributed by atoms with Gasteiger partial charge in [0.15, 0.2) is 9.84 Å². The SMILES string of the molecule is CC[C@H]([C@H](N)c1ccc(Cl)cc1)S(=O)(=O)CC. The van der Waals surface area contributed by atoms with Crippen LogP contribution in [0.3, 0.4) is 0 Å². The van der Waals surface area contributed by atoms with Crippen LogP contribution < -0.4 is 5.73 Å². The van der Waals surface area contributed by atoms with Crippen LogP contribution in [0.15, 0.2) is 24.3 Å². The first-order valence-electron chi connectivity index (χ1n) is 5.65. The van der Waals surface area contributed by atoms with E-state index in [-0.39, 0.29) is 5.75 Å². The standard InChI is InChI=1S/C12H18ClNO2S/c1-3-11(17(15,16)4-2)12(14)9-5-7-10(13)8-6-9/h5-8,11-12H,3-4,14H2,1-2H3/t11-,12-/m1/s1. The maximum Gasteiger partial charge on any atom is 0.154 e. The fraction of sp³-hybridized carbons (Fsp3) is 0.500. The summed E-state index contributed by atoms with van der Waals surface area (Å²) >= 11 is 5.79. The second-order valence-corrected chi connectivity index (χ2v) is 6.92. The van der Waals surface area contributed by atoms with Crippen molar-refractivity contribution in [1.82, 2.24) is 0 Å². The van der Waals surface area contributed by atoms with Crippen LogP contribution in [-0.4, -0.2) is 19.4 Å². The molecule has 1 aromatic carbocycles. The van der Waals surface area contributed by atoms with E-state index < -0.39 is 21.1 Å². The van der Waals surface area contributed by atoms with Crippen molar-refractivity contribution in [3.8, 4) is 0 Å². The largest absolute Gasteiger partial charge is 0.323 e. The third-order valence-corrected chi connectivity index (χ3v) is 5.53. The summed E-state index contributed by atoms with van der Waals surface area (Å²) < 4.78 is 23.8. The Bertz CT molecular complexity index is 456. The maximum absolute atomic E-state index is 11.9. The molecule has 2 atom stereocenters. The van der Waals surface area contributed by atoms with Gasteiger partial charge in [0.1, 0.15) is 0 Å². The van der Waals surface area contributed by atoms with E-state index in [1.807, 2.05) is 6.92 Å². The van der Waals surface area contributed by atoms with Crippen LogP contribution in [0.4, 0.5) is 0 Å². The minimum Gasteiger partial charge on any atom is -0.323 e. The Morgan fingerprint density at radius 2 is 1.76 bits per heavy atom. The number of hydrogen-bond donors (Lipinski definition) is 1. The van der Waals surface area contributed by atoms with Gasteiger partial charge in [-0.1, -0.05) is 37.6 Å². The molecule has 1 rings (SSSR count). The van der Waals surface area contributed by atoms with Crippen LogP contribution in [-0.2, 0) is 9.84 Å². The summed E-state index contributed by atoms with van der Waals surface area (Å²) in [5.41, 5.74) is 6.84. The first-order valence-corrected chi connectivity index (χ1v) is 7.74. The predicted octanol–water partition coefficient (Wildman–Crippen LogP) is 2.55. The molecule has 5 heteroatoms. The van der Waals surface area contributed by atoms with Gasteiger partial charge in [-0.3, -0.25) is 0 Å². The highest BCUT2D eigenvalue weighted by molar-refractivity contribution is 7.92. The van der Waals surface area contributed by atoms with Crippen LogP contribution in [0, 0.1) is 0 Å². The zero-order chi connectivity index (χ0) is 13.1. The van der Waals surface area contributed by atoms with E-state index in [0.717, 1.165) is 5.56 Å². The lowest BCUT2D eigenvalue weighted by molar-refractivity contribution is 0.549. The van der Waals surface area contributed by atoms with Crippen molar-refractivity contribution in [1.29, 1.82) is 0 Å². The van der Waals surface area contributed by atoms with E-state index in [1.54, 1.807) is 31.2 Å². The molecule has 0 fully saturated rings. The Morgan fingerprint density at radius 1 is 1.24 bits per heavy atom. The highest BCUT2D eigenvalue weighted by atomic mass is 35.5. The molecule has 0 radical (unpaired) electrons. The number of rotatable bonds is 5. The number of benzene rings is 1. The van der Waals surface area contributed by atoms with E-state index in [2.05, 4.69) is 0 Å². The predicted molar refractivity (Wildman–Crippen MR) is 71.9 cm³/mol. The van der Waals surface area contributed by atoms with Crippen LogP contribution >= 0.6 is 11.6 Å². The quantitative estimate of drug-likeness (QED) is 0.898. The van der Waals surface area contributed by atoms with E-state index in [1.165, 1.54) is 0 Å². The molecule has 0 amide bonds. The average Bonchev–Trinajstić information content (AvgIpc) is 2.30. The van der Waals surface area contributed by atoms with Crippen molar-refractivity contribution < 1.29 is 8.42 Å². The third-order valence-electron chi connectivity index (χ3n) is 2.92. The molecule has 1 aromatic rings. The molecule has 0 spiro atoms. The van der Waals surface area contributed by atoms with Gasteiger partial charge in [0.05, 0.1) is 5.25 Å². The van der Waals surface area contributed by atoms with E-state index in [9.17, 15) is 8.42 Å². The Hall–Kier alpha value is -0.580. The molecule has 0 unspecified atom stereocenters. The maximum atomic E-state index is 11.9. The molecule has 0 saturated carbocycles. The smallest absolute Gasteiger partial charge is 0.154 e. The first-order chi connectivity index (χ1) is 7.92. The molecule has 0 heterocycles. The van der Waals surface area contributed by atoms with Crippen molar-refractivity contribution in [3.05, 3.63) is 34.9 Å². The highest BCUT2D eigenvalue weighted by Crippen LogP contribution is 2.24. The fourth-order valence-electron chi connectivity index (χ4n) is 1.84. The summed E-state index contributed by atoms with van der Waals surface area (Å²) in [6.45, 7) is 3.49. The van der Waals surface area contributed by atoms with Gasteiger partial charge in [-0.2, -0.15) is 0 Å². The number of halogens is 1. The molecule has 0 bridgehead atoms. The van der Waals surface area contributed by atoms with Crippen LogP contribution in [0.5, 0.6) is 0 Å². The minimum atomic E-state index is -3.13. The lowest BCUT2D eigenvalue weighted by Crippen LogP contribution is -2.34. The van der Waals surface area contributed by atoms with Crippen LogP contribution in [0.2, 0.25) is 5.02 Å². The lowest BCUT2D eigenvalue weighted by atomic mass is 10.0. The van der Waals surface area contributed by atoms with Crippen molar-refractivity contribution in [3.63, 3.8) is 0 Å². The molecular weight excluding hydrogens is 258 g/mol. The fourth-order valence-corrected chi connectivity index (χ4v) is 3.51. The molecule has 96 valence electrons. The van der Waals surface area contributed by atoms with E-state index in [0.29, 0.717) is 11.4 Å². The van der Waals surface area contributed by atoms with Gasteiger partial charge in [0, 0.05) is 16.8 Å². The topological polar surface area (TPSA) is 60.2 Å². The van der Waals surface area contributed by atoms with Gasteiger partial charge in [-0.25, -0.2) is 8.42 Å². The lowest BCUT2D eigenvalue weighted by Gasteiger charge is -2.22. The van der Waals surface area contributed by atoms with Crippen molar-refractivity contribution in [2.45, 2.75) is 31.6 Å².